The first-order chi connectivity index (χ1) is 6.29. The van der Waals surface area contributed by atoms with E-state index in [1.54, 1.807) is 17.0 Å². The minimum atomic E-state index is 0.473. The van der Waals surface area contributed by atoms with E-state index in [0.717, 1.165) is 11.4 Å². The fourth-order valence-electron chi connectivity index (χ4n) is 1.14. The van der Waals surface area contributed by atoms with Gasteiger partial charge in [-0.1, -0.05) is 6.07 Å². The average molecular weight is 194 g/mol. The van der Waals surface area contributed by atoms with Crippen LogP contribution < -0.4 is 0 Å². The summed E-state index contributed by atoms with van der Waals surface area (Å²) < 4.78 is 1.80. The molecule has 2 heterocycles. The number of halogens is 1. The third kappa shape index (κ3) is 1.42. The molecule has 0 atom stereocenters. The molecule has 0 fully saturated rings. The van der Waals surface area contributed by atoms with Gasteiger partial charge < -0.3 is 4.57 Å². The second-order valence-electron chi connectivity index (χ2n) is 2.69. The van der Waals surface area contributed by atoms with Crippen molar-refractivity contribution in [2.45, 2.75) is 0 Å². The normalized spacial score (nSPS) is 10.3. The Morgan fingerprint density at radius 3 is 2.69 bits per heavy atom. The molecule has 2 rings (SSSR count). The molecular formula is C9H8ClN3. The van der Waals surface area contributed by atoms with Crippen LogP contribution in [0.15, 0.2) is 30.6 Å². The predicted octanol–water partition coefficient (Wildman–Crippen LogP) is 2.14. The summed E-state index contributed by atoms with van der Waals surface area (Å²) in [5.74, 6) is 0. The Hall–Kier alpha value is -1.35. The zero-order valence-electron chi connectivity index (χ0n) is 7.11. The van der Waals surface area contributed by atoms with Crippen molar-refractivity contribution in [1.82, 2.24) is 14.5 Å². The first kappa shape index (κ1) is 8.26. The van der Waals surface area contributed by atoms with Crippen molar-refractivity contribution in [2.75, 3.05) is 0 Å². The van der Waals surface area contributed by atoms with Crippen LogP contribution >= 0.6 is 11.6 Å². The third-order valence-corrected chi connectivity index (χ3v) is 2.21. The number of rotatable bonds is 1. The van der Waals surface area contributed by atoms with Gasteiger partial charge in [-0.3, -0.25) is 4.98 Å². The Labute approximate surface area is 81.0 Å². The summed E-state index contributed by atoms with van der Waals surface area (Å²) in [6.07, 6.45) is 3.46. The summed E-state index contributed by atoms with van der Waals surface area (Å²) in [6.45, 7) is 0. The lowest BCUT2D eigenvalue weighted by Gasteiger charge is -2.00. The van der Waals surface area contributed by atoms with Crippen LogP contribution in [0.5, 0.6) is 0 Å². The first-order valence-electron chi connectivity index (χ1n) is 3.87. The molecular weight excluding hydrogens is 186 g/mol. The van der Waals surface area contributed by atoms with Crippen molar-refractivity contribution in [3.63, 3.8) is 0 Å². The van der Waals surface area contributed by atoms with Gasteiger partial charge in [-0.05, 0) is 23.7 Å². The molecule has 0 bridgehead atoms. The average Bonchev–Trinajstić information content (AvgIpc) is 2.49. The first-order valence-corrected chi connectivity index (χ1v) is 4.25. The molecule has 0 saturated heterocycles. The quantitative estimate of drug-likeness (QED) is 0.695. The van der Waals surface area contributed by atoms with Crippen LogP contribution in [0, 0.1) is 0 Å². The summed E-state index contributed by atoms with van der Waals surface area (Å²) in [5, 5.41) is 0.473. The van der Waals surface area contributed by atoms with Crippen LogP contribution in [0.25, 0.3) is 11.4 Å². The number of hydrogen-bond donors (Lipinski definition) is 0. The molecule has 0 aliphatic carbocycles. The smallest absolute Gasteiger partial charge is 0.202 e. The van der Waals surface area contributed by atoms with E-state index in [4.69, 9.17) is 11.6 Å². The standard InChI is InChI=1S/C9H8ClN3/c1-13-8(6-12-9(13)10)7-4-2-3-5-11-7/h2-6H,1H3. The molecule has 0 aliphatic heterocycles. The maximum Gasteiger partial charge on any atom is 0.202 e. The molecule has 13 heavy (non-hydrogen) atoms. The Morgan fingerprint density at radius 1 is 1.31 bits per heavy atom. The van der Waals surface area contributed by atoms with E-state index in [-0.39, 0.29) is 0 Å². The molecule has 66 valence electrons. The minimum absolute atomic E-state index is 0.473. The lowest BCUT2D eigenvalue weighted by molar-refractivity contribution is 0.917. The van der Waals surface area contributed by atoms with Crippen molar-refractivity contribution in [3.05, 3.63) is 35.9 Å². The third-order valence-electron chi connectivity index (χ3n) is 1.86. The van der Waals surface area contributed by atoms with E-state index in [1.165, 1.54) is 0 Å². The lowest BCUT2D eigenvalue weighted by Crippen LogP contribution is -1.92. The molecule has 0 aromatic carbocycles. The molecule has 0 N–H and O–H groups in total. The molecule has 2 aromatic heterocycles. The zero-order valence-corrected chi connectivity index (χ0v) is 7.86. The van der Waals surface area contributed by atoms with Crippen molar-refractivity contribution >= 4 is 11.6 Å². The summed E-state index contributed by atoms with van der Waals surface area (Å²) in [7, 11) is 1.86. The highest BCUT2D eigenvalue weighted by atomic mass is 35.5. The Balaban J connectivity index is 2.53. The molecule has 0 spiro atoms. The largest absolute Gasteiger partial charge is 0.317 e. The fourth-order valence-corrected chi connectivity index (χ4v) is 1.28. The highest BCUT2D eigenvalue weighted by molar-refractivity contribution is 6.28. The van der Waals surface area contributed by atoms with E-state index in [9.17, 15) is 0 Å². The number of hydrogen-bond acceptors (Lipinski definition) is 2. The van der Waals surface area contributed by atoms with Gasteiger partial charge in [0.15, 0.2) is 0 Å². The van der Waals surface area contributed by atoms with Gasteiger partial charge in [-0.15, -0.1) is 0 Å². The molecule has 2 aromatic rings. The predicted molar refractivity (Wildman–Crippen MR) is 51.4 cm³/mol. The molecule has 0 saturated carbocycles. The maximum absolute atomic E-state index is 5.80. The van der Waals surface area contributed by atoms with Gasteiger partial charge in [0.2, 0.25) is 5.28 Å². The van der Waals surface area contributed by atoms with Gasteiger partial charge in [0.25, 0.3) is 0 Å². The summed E-state index contributed by atoms with van der Waals surface area (Å²) in [5.41, 5.74) is 1.80. The van der Waals surface area contributed by atoms with Gasteiger partial charge in [-0.2, -0.15) is 0 Å². The van der Waals surface area contributed by atoms with Crippen LogP contribution in [-0.2, 0) is 7.05 Å². The van der Waals surface area contributed by atoms with Crippen molar-refractivity contribution in [1.29, 1.82) is 0 Å². The van der Waals surface area contributed by atoms with Gasteiger partial charge in [0, 0.05) is 13.2 Å². The van der Waals surface area contributed by atoms with Crippen LogP contribution in [-0.4, -0.2) is 14.5 Å². The monoisotopic (exact) mass is 193 g/mol. The summed E-state index contributed by atoms with van der Waals surface area (Å²) >= 11 is 5.80. The van der Waals surface area contributed by atoms with Gasteiger partial charge in [-0.25, -0.2) is 4.98 Å². The zero-order chi connectivity index (χ0) is 9.26. The van der Waals surface area contributed by atoms with Gasteiger partial charge in [0.1, 0.15) is 0 Å². The van der Waals surface area contributed by atoms with E-state index < -0.39 is 0 Å². The van der Waals surface area contributed by atoms with Crippen LogP contribution in [0.3, 0.4) is 0 Å². The van der Waals surface area contributed by atoms with E-state index >= 15 is 0 Å². The lowest BCUT2D eigenvalue weighted by atomic mass is 10.3. The highest BCUT2D eigenvalue weighted by Crippen LogP contribution is 2.18. The Kier molecular flexibility index (Phi) is 2.02. The summed E-state index contributed by atoms with van der Waals surface area (Å²) in [6, 6.07) is 5.73. The maximum atomic E-state index is 5.80. The second kappa shape index (κ2) is 3.18. The molecule has 0 aliphatic rings. The number of imidazole rings is 1. The molecule has 3 nitrogen and oxygen atoms in total. The topological polar surface area (TPSA) is 30.7 Å². The van der Waals surface area contributed by atoms with Crippen LogP contribution in [0.2, 0.25) is 5.28 Å². The number of nitrogens with zero attached hydrogens (tertiary/aromatic N) is 3. The SMILES string of the molecule is Cn1c(-c2ccccn2)cnc1Cl. The van der Waals surface area contributed by atoms with Crippen LogP contribution in [0.4, 0.5) is 0 Å². The molecule has 4 heteroatoms. The molecule has 0 unspecified atom stereocenters. The summed E-state index contributed by atoms with van der Waals surface area (Å²) in [4.78, 5) is 8.18. The van der Waals surface area contributed by atoms with Gasteiger partial charge in [0.05, 0.1) is 17.6 Å². The van der Waals surface area contributed by atoms with Crippen molar-refractivity contribution in [3.8, 4) is 11.4 Å². The fraction of sp³-hybridized carbons (Fsp3) is 0.111. The Morgan fingerprint density at radius 2 is 2.15 bits per heavy atom. The van der Waals surface area contributed by atoms with E-state index in [0.29, 0.717) is 5.28 Å². The van der Waals surface area contributed by atoms with Crippen molar-refractivity contribution in [2.24, 2.45) is 7.05 Å². The van der Waals surface area contributed by atoms with E-state index in [1.807, 2.05) is 25.2 Å². The Bertz CT molecular complexity index is 408. The molecule has 0 amide bonds. The minimum Gasteiger partial charge on any atom is -0.317 e. The molecule has 0 radical (unpaired) electrons. The number of aromatic nitrogens is 3. The highest BCUT2D eigenvalue weighted by Gasteiger charge is 2.06. The number of pyridine rings is 1. The second-order valence-corrected chi connectivity index (χ2v) is 3.02. The van der Waals surface area contributed by atoms with Gasteiger partial charge >= 0.3 is 0 Å². The van der Waals surface area contributed by atoms with Crippen molar-refractivity contribution < 1.29 is 0 Å². The van der Waals surface area contributed by atoms with Crippen LogP contribution in [0.1, 0.15) is 0 Å². The van der Waals surface area contributed by atoms with E-state index in [2.05, 4.69) is 9.97 Å².